The summed E-state index contributed by atoms with van der Waals surface area (Å²) < 4.78 is 0. The number of nitrogens with one attached hydrogen (secondary N) is 1. The third kappa shape index (κ3) is 4.62. The molecule has 0 fully saturated rings. The molecule has 0 aromatic heterocycles. The van der Waals surface area contributed by atoms with Crippen molar-refractivity contribution in [2.75, 3.05) is 12.4 Å². The summed E-state index contributed by atoms with van der Waals surface area (Å²) in [7, 11) is 2.00. The third-order valence-electron chi connectivity index (χ3n) is 3.85. The molecule has 0 spiro atoms. The molecule has 112 valence electrons. The smallest absolute Gasteiger partial charge is 0.241 e. The van der Waals surface area contributed by atoms with Gasteiger partial charge in [0.15, 0.2) is 0 Å². The minimum absolute atomic E-state index is 0.0240. The number of nitrogens with two attached hydrogens (primary N) is 1. The van der Waals surface area contributed by atoms with E-state index in [0.29, 0.717) is 12.6 Å². The number of anilines is 1. The van der Waals surface area contributed by atoms with Crippen molar-refractivity contribution in [1.82, 2.24) is 4.90 Å². The van der Waals surface area contributed by atoms with E-state index in [1.54, 1.807) is 0 Å². The normalized spacial score (nSPS) is 14.1. The first kappa shape index (κ1) is 16.7. The Labute approximate surface area is 122 Å². The molecular weight excluding hydrogens is 250 g/mol. The van der Waals surface area contributed by atoms with Gasteiger partial charge in [-0.25, -0.2) is 0 Å². The SMILES string of the molecule is CCCC(C)N(C)C(C)C(=O)Nc1ccc(CN)cc1. The summed E-state index contributed by atoms with van der Waals surface area (Å²) in [6, 6.07) is 7.91. The van der Waals surface area contributed by atoms with Crippen molar-refractivity contribution < 1.29 is 4.79 Å². The Morgan fingerprint density at radius 3 is 2.40 bits per heavy atom. The first-order chi connectivity index (χ1) is 9.49. The Morgan fingerprint density at radius 2 is 1.90 bits per heavy atom. The van der Waals surface area contributed by atoms with Crippen molar-refractivity contribution in [3.8, 4) is 0 Å². The van der Waals surface area contributed by atoms with Gasteiger partial charge >= 0.3 is 0 Å². The molecule has 1 amide bonds. The lowest BCUT2D eigenvalue weighted by Crippen LogP contribution is -2.44. The van der Waals surface area contributed by atoms with Gasteiger partial charge in [0, 0.05) is 18.3 Å². The van der Waals surface area contributed by atoms with Crippen LogP contribution in [-0.4, -0.2) is 29.9 Å². The molecule has 0 heterocycles. The number of carbonyl (C=O) groups excluding carboxylic acids is 1. The van der Waals surface area contributed by atoms with E-state index in [4.69, 9.17) is 5.73 Å². The molecule has 0 aliphatic heterocycles. The zero-order valence-corrected chi connectivity index (χ0v) is 13.0. The van der Waals surface area contributed by atoms with Crippen molar-refractivity contribution in [1.29, 1.82) is 0 Å². The van der Waals surface area contributed by atoms with Crippen molar-refractivity contribution in [3.05, 3.63) is 29.8 Å². The molecule has 0 aliphatic carbocycles. The van der Waals surface area contributed by atoms with Crippen LogP contribution in [0.15, 0.2) is 24.3 Å². The van der Waals surface area contributed by atoms with Gasteiger partial charge in [-0.1, -0.05) is 25.5 Å². The van der Waals surface area contributed by atoms with Gasteiger partial charge in [0.25, 0.3) is 0 Å². The Morgan fingerprint density at radius 1 is 1.30 bits per heavy atom. The van der Waals surface area contributed by atoms with Crippen LogP contribution in [0.1, 0.15) is 39.2 Å². The summed E-state index contributed by atoms with van der Waals surface area (Å²) >= 11 is 0. The van der Waals surface area contributed by atoms with Crippen LogP contribution in [0.25, 0.3) is 0 Å². The molecule has 1 aromatic carbocycles. The number of hydrogen-bond donors (Lipinski definition) is 2. The summed E-state index contributed by atoms with van der Waals surface area (Å²) in [6.45, 7) is 6.77. The molecule has 0 radical (unpaired) electrons. The largest absolute Gasteiger partial charge is 0.326 e. The lowest BCUT2D eigenvalue weighted by atomic mass is 10.1. The van der Waals surface area contributed by atoms with Gasteiger partial charge in [-0.15, -0.1) is 0 Å². The monoisotopic (exact) mass is 277 g/mol. The summed E-state index contributed by atoms with van der Waals surface area (Å²) in [5, 5.41) is 2.95. The van der Waals surface area contributed by atoms with E-state index < -0.39 is 0 Å². The summed E-state index contributed by atoms with van der Waals surface area (Å²) in [5.74, 6) is 0.0240. The molecule has 1 aromatic rings. The Bertz CT molecular complexity index is 416. The first-order valence-corrected chi connectivity index (χ1v) is 7.31. The van der Waals surface area contributed by atoms with E-state index in [1.165, 1.54) is 0 Å². The molecule has 4 nitrogen and oxygen atoms in total. The van der Waals surface area contributed by atoms with Crippen LogP contribution in [0.3, 0.4) is 0 Å². The van der Waals surface area contributed by atoms with Crippen LogP contribution in [0, 0.1) is 0 Å². The number of nitrogens with zero attached hydrogens (tertiary/aromatic N) is 1. The Hall–Kier alpha value is -1.39. The maximum absolute atomic E-state index is 12.2. The van der Waals surface area contributed by atoms with Crippen LogP contribution in [0.5, 0.6) is 0 Å². The second-order valence-corrected chi connectivity index (χ2v) is 5.37. The van der Waals surface area contributed by atoms with Gasteiger partial charge in [0.1, 0.15) is 0 Å². The topological polar surface area (TPSA) is 58.4 Å². The average molecular weight is 277 g/mol. The molecule has 0 saturated heterocycles. The number of rotatable bonds is 7. The summed E-state index contributed by atoms with van der Waals surface area (Å²) in [6.07, 6.45) is 2.22. The average Bonchev–Trinajstić information content (AvgIpc) is 2.46. The highest BCUT2D eigenvalue weighted by molar-refractivity contribution is 5.94. The van der Waals surface area contributed by atoms with Crippen molar-refractivity contribution >= 4 is 11.6 Å². The third-order valence-corrected chi connectivity index (χ3v) is 3.85. The summed E-state index contributed by atoms with van der Waals surface area (Å²) in [4.78, 5) is 14.4. The van der Waals surface area contributed by atoms with Crippen LogP contribution in [-0.2, 0) is 11.3 Å². The maximum Gasteiger partial charge on any atom is 0.241 e. The zero-order chi connectivity index (χ0) is 15.1. The van der Waals surface area contributed by atoms with Gasteiger partial charge in [0.2, 0.25) is 5.91 Å². The van der Waals surface area contributed by atoms with Crippen LogP contribution >= 0.6 is 0 Å². The fraction of sp³-hybridized carbons (Fsp3) is 0.562. The van der Waals surface area contributed by atoms with Gasteiger partial charge in [-0.3, -0.25) is 9.69 Å². The Kier molecular flexibility index (Phi) is 6.68. The number of carbonyl (C=O) groups is 1. The van der Waals surface area contributed by atoms with E-state index in [1.807, 2.05) is 38.2 Å². The van der Waals surface area contributed by atoms with Crippen molar-refractivity contribution in [2.24, 2.45) is 5.73 Å². The standard InChI is InChI=1S/C16H27N3O/c1-5-6-12(2)19(4)13(3)16(20)18-15-9-7-14(11-17)8-10-15/h7-10,12-13H,5-6,11,17H2,1-4H3,(H,18,20). The van der Waals surface area contributed by atoms with Crippen LogP contribution < -0.4 is 11.1 Å². The molecule has 2 unspecified atom stereocenters. The van der Waals surface area contributed by atoms with Gasteiger partial charge in [0.05, 0.1) is 6.04 Å². The molecule has 4 heteroatoms. The molecular formula is C16H27N3O. The highest BCUT2D eigenvalue weighted by Crippen LogP contribution is 2.13. The van der Waals surface area contributed by atoms with E-state index in [2.05, 4.69) is 24.1 Å². The second kappa shape index (κ2) is 8.02. The van der Waals surface area contributed by atoms with Gasteiger partial charge < -0.3 is 11.1 Å². The molecule has 3 N–H and O–H groups in total. The maximum atomic E-state index is 12.2. The van der Waals surface area contributed by atoms with Gasteiger partial charge in [-0.05, 0) is 45.0 Å². The van der Waals surface area contributed by atoms with Crippen LogP contribution in [0.2, 0.25) is 0 Å². The predicted molar refractivity (Wildman–Crippen MR) is 84.6 cm³/mol. The van der Waals surface area contributed by atoms with Crippen LogP contribution in [0.4, 0.5) is 5.69 Å². The quantitative estimate of drug-likeness (QED) is 0.805. The Balaban J connectivity index is 2.60. The molecule has 0 saturated carbocycles. The van der Waals surface area contributed by atoms with E-state index in [0.717, 1.165) is 24.1 Å². The van der Waals surface area contributed by atoms with Gasteiger partial charge in [-0.2, -0.15) is 0 Å². The highest BCUT2D eigenvalue weighted by atomic mass is 16.2. The van der Waals surface area contributed by atoms with E-state index in [-0.39, 0.29) is 11.9 Å². The minimum atomic E-state index is -0.147. The lowest BCUT2D eigenvalue weighted by molar-refractivity contribution is -0.121. The predicted octanol–water partition coefficient (Wildman–Crippen LogP) is 2.59. The molecule has 1 rings (SSSR count). The van der Waals surface area contributed by atoms with Crippen molar-refractivity contribution in [3.63, 3.8) is 0 Å². The number of benzene rings is 1. The minimum Gasteiger partial charge on any atom is -0.326 e. The first-order valence-electron chi connectivity index (χ1n) is 7.31. The number of likely N-dealkylation sites (N-methyl/N-ethyl adjacent to an activating group) is 1. The summed E-state index contributed by atoms with van der Waals surface area (Å²) in [5.41, 5.74) is 7.43. The fourth-order valence-corrected chi connectivity index (χ4v) is 2.16. The number of amides is 1. The molecule has 20 heavy (non-hydrogen) atoms. The van der Waals surface area contributed by atoms with Crippen molar-refractivity contribution in [2.45, 2.75) is 52.2 Å². The molecule has 0 aliphatic rings. The van der Waals surface area contributed by atoms with E-state index in [9.17, 15) is 4.79 Å². The second-order valence-electron chi connectivity index (χ2n) is 5.37. The molecule has 0 bridgehead atoms. The fourth-order valence-electron chi connectivity index (χ4n) is 2.16. The lowest BCUT2D eigenvalue weighted by Gasteiger charge is -2.29. The zero-order valence-electron chi connectivity index (χ0n) is 13.0. The highest BCUT2D eigenvalue weighted by Gasteiger charge is 2.21. The number of hydrogen-bond acceptors (Lipinski definition) is 3. The van der Waals surface area contributed by atoms with E-state index >= 15 is 0 Å². The molecule has 2 atom stereocenters.